The highest BCUT2D eigenvalue weighted by Gasteiger charge is 2.34. The zero-order chi connectivity index (χ0) is 37.0. The van der Waals surface area contributed by atoms with Crippen LogP contribution >= 0.6 is 0 Å². The maximum atomic E-state index is 13.8. The average Bonchev–Trinajstić information content (AvgIpc) is 3.18. The summed E-state index contributed by atoms with van der Waals surface area (Å²) in [5.74, 6) is -0.438. The largest absolute Gasteiger partial charge is 0.493 e. The SMILES string of the molecule is [N-]=[N+]=NCCN1C(=O)COc2ccc(COC3CN(C(=O)OCc4ccccc4)CCC3c3ccc(OCCCOc4cc(F)ccc4F)cc3)cc21. The molecule has 2 heterocycles. The number of benzene rings is 4. The highest BCUT2D eigenvalue weighted by atomic mass is 19.1. The van der Waals surface area contributed by atoms with Crippen LogP contribution in [0.25, 0.3) is 10.4 Å². The summed E-state index contributed by atoms with van der Waals surface area (Å²) in [6.07, 6.45) is 0.268. The number of hydrogen-bond acceptors (Lipinski definition) is 8. The number of likely N-dealkylation sites (tertiary alicyclic amines) is 1. The second kappa shape index (κ2) is 18.1. The molecule has 53 heavy (non-hydrogen) atoms. The van der Waals surface area contributed by atoms with E-state index in [9.17, 15) is 18.4 Å². The summed E-state index contributed by atoms with van der Waals surface area (Å²) in [6.45, 7) is 1.84. The molecule has 2 unspecified atom stereocenters. The Labute approximate surface area is 305 Å². The normalized spacial score (nSPS) is 16.6. The van der Waals surface area contributed by atoms with E-state index in [0.29, 0.717) is 49.7 Å². The Morgan fingerprint density at radius 3 is 2.57 bits per heavy atom. The van der Waals surface area contributed by atoms with Crippen LogP contribution in [-0.4, -0.2) is 69.0 Å². The van der Waals surface area contributed by atoms with Crippen molar-refractivity contribution in [3.63, 3.8) is 0 Å². The third-order valence-corrected chi connectivity index (χ3v) is 8.96. The summed E-state index contributed by atoms with van der Waals surface area (Å²) in [5.41, 5.74) is 12.0. The fourth-order valence-electron chi connectivity index (χ4n) is 6.25. The summed E-state index contributed by atoms with van der Waals surface area (Å²) >= 11 is 0. The van der Waals surface area contributed by atoms with Gasteiger partial charge in [0.2, 0.25) is 0 Å². The molecule has 0 aromatic heterocycles. The third kappa shape index (κ3) is 9.94. The first-order valence-corrected chi connectivity index (χ1v) is 17.3. The molecular formula is C39H39F2N5O7. The third-order valence-electron chi connectivity index (χ3n) is 8.96. The van der Waals surface area contributed by atoms with E-state index >= 15 is 0 Å². The van der Waals surface area contributed by atoms with Crippen molar-refractivity contribution in [2.45, 2.75) is 38.1 Å². The van der Waals surface area contributed by atoms with Gasteiger partial charge in [0.1, 0.15) is 23.9 Å². The Balaban J connectivity index is 1.10. The molecule has 2 aliphatic heterocycles. The number of fused-ring (bicyclic) bond motifs is 1. The van der Waals surface area contributed by atoms with Gasteiger partial charge in [0, 0.05) is 43.0 Å². The van der Waals surface area contributed by atoms with E-state index in [1.54, 1.807) is 15.9 Å². The smallest absolute Gasteiger partial charge is 0.410 e. The van der Waals surface area contributed by atoms with E-state index in [-0.39, 0.29) is 57.1 Å². The highest BCUT2D eigenvalue weighted by molar-refractivity contribution is 5.97. The molecule has 14 heteroatoms. The van der Waals surface area contributed by atoms with Crippen LogP contribution in [-0.2, 0) is 27.5 Å². The van der Waals surface area contributed by atoms with Crippen molar-refractivity contribution in [1.29, 1.82) is 0 Å². The summed E-state index contributed by atoms with van der Waals surface area (Å²) in [6, 6.07) is 25.7. The number of rotatable bonds is 15. The summed E-state index contributed by atoms with van der Waals surface area (Å²) < 4.78 is 56.2. The molecule has 0 bridgehead atoms. The Kier molecular flexibility index (Phi) is 12.6. The predicted octanol–water partition coefficient (Wildman–Crippen LogP) is 7.56. The molecule has 4 aromatic carbocycles. The number of carbonyl (C=O) groups is 2. The van der Waals surface area contributed by atoms with Gasteiger partial charge < -0.3 is 33.5 Å². The number of hydrogen-bond donors (Lipinski definition) is 0. The minimum Gasteiger partial charge on any atom is -0.493 e. The van der Waals surface area contributed by atoms with Crippen LogP contribution in [0.5, 0.6) is 17.2 Å². The maximum absolute atomic E-state index is 13.8. The molecule has 2 aliphatic rings. The van der Waals surface area contributed by atoms with Crippen molar-refractivity contribution >= 4 is 17.7 Å². The van der Waals surface area contributed by atoms with Gasteiger partial charge in [-0.3, -0.25) is 4.79 Å². The Morgan fingerprint density at radius 1 is 0.943 bits per heavy atom. The van der Waals surface area contributed by atoms with E-state index in [1.165, 1.54) is 0 Å². The minimum atomic E-state index is -0.626. The second-order valence-corrected chi connectivity index (χ2v) is 12.5. The molecule has 0 N–H and O–H groups in total. The molecule has 0 aliphatic carbocycles. The lowest BCUT2D eigenvalue weighted by molar-refractivity contribution is -0.121. The van der Waals surface area contributed by atoms with Crippen molar-refractivity contribution in [1.82, 2.24) is 4.90 Å². The molecule has 2 atom stereocenters. The van der Waals surface area contributed by atoms with Crippen LogP contribution in [0.2, 0.25) is 0 Å². The first-order chi connectivity index (χ1) is 25.9. The summed E-state index contributed by atoms with van der Waals surface area (Å²) in [5, 5.41) is 3.57. The van der Waals surface area contributed by atoms with E-state index < -0.39 is 23.8 Å². The molecule has 1 fully saturated rings. The monoisotopic (exact) mass is 727 g/mol. The fraction of sp³-hybridized carbons (Fsp3) is 0.333. The van der Waals surface area contributed by atoms with Gasteiger partial charge in [0.25, 0.3) is 5.91 Å². The zero-order valence-electron chi connectivity index (χ0n) is 28.9. The molecule has 4 aromatic rings. The summed E-state index contributed by atoms with van der Waals surface area (Å²) in [7, 11) is 0. The minimum absolute atomic E-state index is 0.0559. The number of carbonyl (C=O) groups excluding carboxylic acids is 2. The predicted molar refractivity (Wildman–Crippen MR) is 191 cm³/mol. The molecule has 6 rings (SSSR count). The van der Waals surface area contributed by atoms with Crippen LogP contribution in [0.1, 0.15) is 35.4 Å². The lowest BCUT2D eigenvalue weighted by Gasteiger charge is -2.38. The van der Waals surface area contributed by atoms with E-state index in [1.807, 2.05) is 66.7 Å². The Bertz CT molecular complexity index is 1910. The molecule has 0 radical (unpaired) electrons. The topological polar surface area (TPSA) is 136 Å². The van der Waals surface area contributed by atoms with Crippen molar-refractivity contribution in [2.75, 3.05) is 50.9 Å². The number of anilines is 1. The zero-order valence-corrected chi connectivity index (χ0v) is 28.9. The average molecular weight is 728 g/mol. The van der Waals surface area contributed by atoms with Gasteiger partial charge in [0.05, 0.1) is 38.2 Å². The van der Waals surface area contributed by atoms with E-state index in [4.69, 9.17) is 29.2 Å². The number of amides is 2. The first kappa shape index (κ1) is 36.9. The first-order valence-electron chi connectivity index (χ1n) is 17.3. The molecule has 276 valence electrons. The molecule has 0 saturated carbocycles. The van der Waals surface area contributed by atoms with Crippen LogP contribution in [0.3, 0.4) is 0 Å². The Hall–Kier alpha value is -5.85. The van der Waals surface area contributed by atoms with Crippen LogP contribution in [0.4, 0.5) is 19.3 Å². The quantitative estimate of drug-likeness (QED) is 0.0534. The summed E-state index contributed by atoms with van der Waals surface area (Å²) in [4.78, 5) is 31.8. The molecule has 2 amide bonds. The van der Waals surface area contributed by atoms with Crippen molar-refractivity contribution in [3.8, 4) is 17.2 Å². The van der Waals surface area contributed by atoms with Gasteiger partial charge in [-0.2, -0.15) is 0 Å². The van der Waals surface area contributed by atoms with Gasteiger partial charge in [-0.05, 0) is 65.0 Å². The van der Waals surface area contributed by atoms with Gasteiger partial charge in [-0.15, -0.1) is 0 Å². The van der Waals surface area contributed by atoms with Crippen molar-refractivity contribution < 1.29 is 42.1 Å². The lowest BCUT2D eigenvalue weighted by Crippen LogP contribution is -2.47. The van der Waals surface area contributed by atoms with Crippen LogP contribution < -0.4 is 19.1 Å². The van der Waals surface area contributed by atoms with Gasteiger partial charge in [0.15, 0.2) is 18.2 Å². The Morgan fingerprint density at radius 2 is 1.75 bits per heavy atom. The van der Waals surface area contributed by atoms with E-state index in [0.717, 1.165) is 34.9 Å². The molecular weight excluding hydrogens is 688 g/mol. The molecule has 12 nitrogen and oxygen atoms in total. The number of halogens is 2. The number of ether oxygens (including phenoxy) is 5. The fourth-order valence-corrected chi connectivity index (χ4v) is 6.25. The highest BCUT2D eigenvalue weighted by Crippen LogP contribution is 2.35. The van der Waals surface area contributed by atoms with Crippen LogP contribution in [0.15, 0.2) is 96.1 Å². The number of azide groups is 1. The van der Waals surface area contributed by atoms with Gasteiger partial charge in [-0.1, -0.05) is 53.6 Å². The molecule has 0 spiro atoms. The standard InChI is InChI=1S/C39H39F2N5O7/c40-30-10-13-33(41)36(22-30)50-20-4-19-49-31-11-8-29(9-12-31)32-15-17-45(39(48)53-24-27-5-2-1-3-6-27)23-37(32)51-25-28-7-14-35-34(21-28)46(18-16-43-44-42)38(47)26-52-35/h1-3,5-14,21-22,32,37H,4,15-20,23-26H2. The van der Waals surface area contributed by atoms with Gasteiger partial charge >= 0.3 is 6.09 Å². The van der Waals surface area contributed by atoms with E-state index in [2.05, 4.69) is 10.0 Å². The van der Waals surface area contributed by atoms with Crippen molar-refractivity contribution in [2.24, 2.45) is 5.11 Å². The number of piperidine rings is 1. The number of nitrogens with zero attached hydrogens (tertiary/aromatic N) is 5. The van der Waals surface area contributed by atoms with Crippen molar-refractivity contribution in [3.05, 3.63) is 130 Å². The second-order valence-electron chi connectivity index (χ2n) is 12.5. The lowest BCUT2D eigenvalue weighted by atomic mass is 9.87. The van der Waals surface area contributed by atoms with Crippen LogP contribution in [0, 0.1) is 11.6 Å². The maximum Gasteiger partial charge on any atom is 0.410 e. The van der Waals surface area contributed by atoms with Gasteiger partial charge in [-0.25, -0.2) is 13.6 Å². The molecule has 1 saturated heterocycles.